The number of ether oxygens (including phenoxy) is 2. The molecule has 0 N–H and O–H groups in total. The Morgan fingerprint density at radius 1 is 1.16 bits per heavy atom. The molecule has 0 spiro atoms. The topological polar surface area (TPSA) is 57.8 Å². The van der Waals surface area contributed by atoms with Crippen LogP contribution in [0.4, 0.5) is 0 Å². The maximum Gasteiger partial charge on any atom is 0.162 e. The zero-order chi connectivity index (χ0) is 17.8. The lowest BCUT2D eigenvalue weighted by atomic mass is 9.99. The first-order valence-corrected chi connectivity index (χ1v) is 8.16. The fourth-order valence-electron chi connectivity index (χ4n) is 3.18. The number of nitriles is 1. The van der Waals surface area contributed by atoms with E-state index >= 15 is 0 Å². The van der Waals surface area contributed by atoms with E-state index in [0.29, 0.717) is 11.5 Å². The van der Waals surface area contributed by atoms with E-state index in [1.807, 2.05) is 42.3 Å². The number of hydrazone groups is 1. The van der Waals surface area contributed by atoms with Crippen molar-refractivity contribution in [2.45, 2.75) is 25.4 Å². The van der Waals surface area contributed by atoms with Crippen molar-refractivity contribution in [2.75, 3.05) is 14.2 Å². The summed E-state index contributed by atoms with van der Waals surface area (Å²) >= 11 is 0. The van der Waals surface area contributed by atoms with E-state index in [0.717, 1.165) is 23.3 Å². The second-order valence-corrected chi connectivity index (χ2v) is 5.99. The second-order valence-electron chi connectivity index (χ2n) is 5.99. The Kier molecular flexibility index (Phi) is 4.90. The largest absolute Gasteiger partial charge is 0.497 e. The van der Waals surface area contributed by atoms with Crippen molar-refractivity contribution in [1.82, 2.24) is 5.01 Å². The van der Waals surface area contributed by atoms with Gasteiger partial charge in [0.15, 0.2) is 6.04 Å². The van der Waals surface area contributed by atoms with Crippen LogP contribution in [0.1, 0.15) is 36.6 Å². The first-order valence-electron chi connectivity index (χ1n) is 8.16. The molecule has 1 heterocycles. The molecule has 0 unspecified atom stereocenters. The molecule has 0 saturated carbocycles. The predicted molar refractivity (Wildman–Crippen MR) is 96.6 cm³/mol. The van der Waals surface area contributed by atoms with Crippen LogP contribution in [0, 0.1) is 11.3 Å². The summed E-state index contributed by atoms with van der Waals surface area (Å²) < 4.78 is 10.7. The Hall–Kier alpha value is -3.00. The van der Waals surface area contributed by atoms with Gasteiger partial charge in [0.1, 0.15) is 11.5 Å². The van der Waals surface area contributed by atoms with Crippen molar-refractivity contribution in [3.8, 4) is 17.6 Å². The van der Waals surface area contributed by atoms with E-state index in [1.54, 1.807) is 20.3 Å². The van der Waals surface area contributed by atoms with Crippen LogP contribution in [0.25, 0.3) is 0 Å². The van der Waals surface area contributed by atoms with Gasteiger partial charge < -0.3 is 9.47 Å². The van der Waals surface area contributed by atoms with Gasteiger partial charge in [-0.25, -0.2) is 0 Å². The van der Waals surface area contributed by atoms with Crippen LogP contribution in [0.2, 0.25) is 0 Å². The summed E-state index contributed by atoms with van der Waals surface area (Å²) in [5.74, 6) is 1.32. The molecule has 0 aromatic heterocycles. The summed E-state index contributed by atoms with van der Waals surface area (Å²) in [6.45, 7) is 2.00. The molecule has 5 heteroatoms. The molecule has 0 amide bonds. The van der Waals surface area contributed by atoms with Crippen molar-refractivity contribution in [3.63, 3.8) is 0 Å². The average Bonchev–Trinajstić information content (AvgIpc) is 3.04. The number of methoxy groups -OCH3 is 2. The third-order valence-corrected chi connectivity index (χ3v) is 4.40. The van der Waals surface area contributed by atoms with E-state index < -0.39 is 6.04 Å². The van der Waals surface area contributed by atoms with E-state index in [1.165, 1.54) is 0 Å². The fourth-order valence-corrected chi connectivity index (χ4v) is 3.18. The van der Waals surface area contributed by atoms with Gasteiger partial charge in [-0.05, 0) is 24.6 Å². The molecule has 1 aliphatic rings. The maximum atomic E-state index is 9.89. The zero-order valence-corrected chi connectivity index (χ0v) is 14.6. The van der Waals surface area contributed by atoms with Crippen LogP contribution in [0.15, 0.2) is 53.6 Å². The molecule has 2 aromatic carbocycles. The first kappa shape index (κ1) is 16.8. The van der Waals surface area contributed by atoms with Crippen molar-refractivity contribution in [2.24, 2.45) is 5.10 Å². The molecule has 5 nitrogen and oxygen atoms in total. The van der Waals surface area contributed by atoms with Crippen LogP contribution < -0.4 is 9.47 Å². The molecule has 1 aliphatic heterocycles. The summed E-state index contributed by atoms with van der Waals surface area (Å²) in [5, 5.41) is 16.4. The van der Waals surface area contributed by atoms with Crippen LogP contribution in [0.3, 0.4) is 0 Å². The van der Waals surface area contributed by atoms with Gasteiger partial charge in [0.2, 0.25) is 0 Å². The van der Waals surface area contributed by atoms with E-state index in [9.17, 15) is 5.26 Å². The summed E-state index contributed by atoms with van der Waals surface area (Å²) in [4.78, 5) is 0. The Labute approximate surface area is 148 Å². The van der Waals surface area contributed by atoms with Gasteiger partial charge in [-0.1, -0.05) is 30.3 Å². The van der Waals surface area contributed by atoms with Gasteiger partial charge in [0, 0.05) is 23.8 Å². The summed E-state index contributed by atoms with van der Waals surface area (Å²) in [6, 6.07) is 17.6. The molecule has 25 heavy (non-hydrogen) atoms. The third kappa shape index (κ3) is 3.29. The molecule has 0 fully saturated rings. The highest BCUT2D eigenvalue weighted by atomic mass is 16.5. The quantitative estimate of drug-likeness (QED) is 0.826. The lowest BCUT2D eigenvalue weighted by molar-refractivity contribution is 0.193. The highest BCUT2D eigenvalue weighted by molar-refractivity contribution is 5.84. The highest BCUT2D eigenvalue weighted by Crippen LogP contribution is 2.40. The molecule has 2 atom stereocenters. The minimum Gasteiger partial charge on any atom is -0.497 e. The van der Waals surface area contributed by atoms with Crippen molar-refractivity contribution < 1.29 is 9.47 Å². The zero-order valence-electron chi connectivity index (χ0n) is 14.6. The normalized spacial score (nSPS) is 17.6. The van der Waals surface area contributed by atoms with Crippen LogP contribution in [-0.4, -0.2) is 24.9 Å². The number of nitrogens with zero attached hydrogens (tertiary/aromatic N) is 3. The molecule has 2 aromatic rings. The van der Waals surface area contributed by atoms with Gasteiger partial charge >= 0.3 is 0 Å². The molecular formula is C20H21N3O2. The number of hydrogen-bond acceptors (Lipinski definition) is 5. The third-order valence-electron chi connectivity index (χ3n) is 4.40. The second kappa shape index (κ2) is 7.27. The summed E-state index contributed by atoms with van der Waals surface area (Å²) in [5.41, 5.74) is 2.95. The summed E-state index contributed by atoms with van der Waals surface area (Å²) in [7, 11) is 3.20. The summed E-state index contributed by atoms with van der Waals surface area (Å²) in [6.07, 6.45) is 0.806. The van der Waals surface area contributed by atoms with Crippen LogP contribution >= 0.6 is 0 Å². The van der Waals surface area contributed by atoms with E-state index in [2.05, 4.69) is 23.3 Å². The molecule has 0 radical (unpaired) electrons. The maximum absolute atomic E-state index is 9.89. The smallest absolute Gasteiger partial charge is 0.162 e. The lowest BCUT2D eigenvalue weighted by Crippen LogP contribution is -2.24. The molecular weight excluding hydrogens is 314 g/mol. The number of benzene rings is 2. The average molecular weight is 335 g/mol. The van der Waals surface area contributed by atoms with Gasteiger partial charge in [-0.15, -0.1) is 0 Å². The van der Waals surface area contributed by atoms with Gasteiger partial charge in [-0.3, -0.25) is 5.01 Å². The van der Waals surface area contributed by atoms with E-state index in [-0.39, 0.29) is 6.04 Å². The monoisotopic (exact) mass is 335 g/mol. The Balaban J connectivity index is 2.01. The minimum atomic E-state index is -0.538. The lowest BCUT2D eigenvalue weighted by Gasteiger charge is -2.29. The van der Waals surface area contributed by atoms with Gasteiger partial charge in [0.05, 0.1) is 26.3 Å². The Morgan fingerprint density at radius 3 is 2.56 bits per heavy atom. The predicted octanol–water partition coefficient (Wildman–Crippen LogP) is 4.09. The van der Waals surface area contributed by atoms with Crippen molar-refractivity contribution >= 4 is 5.71 Å². The van der Waals surface area contributed by atoms with Crippen molar-refractivity contribution in [1.29, 1.82) is 5.26 Å². The minimum absolute atomic E-state index is 0.0395. The molecule has 3 rings (SSSR count). The first-order chi connectivity index (χ1) is 12.2. The standard InChI is InChI=1S/C20H21N3O2/c1-14-11-18(15-7-5-4-6-8-15)23(22-14)19(13-21)17-10-9-16(24-2)12-20(17)25-3/h4-10,12,18-19H,11H2,1-3H3/t18-,19+/m0/s1. The number of rotatable bonds is 5. The SMILES string of the molecule is COc1ccc([C@@H](C#N)N2N=C(C)C[C@H]2c2ccccc2)c(OC)c1. The fraction of sp³-hybridized carbons (Fsp3) is 0.300. The van der Waals surface area contributed by atoms with Crippen LogP contribution in [0.5, 0.6) is 11.5 Å². The van der Waals surface area contributed by atoms with Gasteiger partial charge in [-0.2, -0.15) is 10.4 Å². The molecule has 0 saturated heterocycles. The van der Waals surface area contributed by atoms with Crippen molar-refractivity contribution in [3.05, 3.63) is 59.7 Å². The Bertz CT molecular complexity index is 811. The van der Waals surface area contributed by atoms with Crippen LogP contribution in [-0.2, 0) is 0 Å². The molecule has 0 aliphatic carbocycles. The van der Waals surface area contributed by atoms with Gasteiger partial charge in [0.25, 0.3) is 0 Å². The van der Waals surface area contributed by atoms with E-state index in [4.69, 9.17) is 9.47 Å². The molecule has 0 bridgehead atoms. The number of hydrogen-bond donors (Lipinski definition) is 0. The Morgan fingerprint density at radius 2 is 1.92 bits per heavy atom. The highest BCUT2D eigenvalue weighted by Gasteiger charge is 2.34. The molecule has 128 valence electrons.